The standard InChI is InChI=1S/C19H21N3O4/c1-13(21-22-19(25)15-8-4-5-9-16(15)23)11-18(24)20-12-14-7-3-6-10-17(14)26-2/h3-10,23H,11-12H2,1-2H3,(H,20,24)(H,22,25)/b21-13-. The smallest absolute Gasteiger partial charge is 0.275 e. The van der Waals surface area contributed by atoms with Crippen molar-refractivity contribution in [3.8, 4) is 11.5 Å². The summed E-state index contributed by atoms with van der Waals surface area (Å²) in [7, 11) is 1.57. The van der Waals surface area contributed by atoms with Crippen LogP contribution in [0.25, 0.3) is 0 Å². The molecule has 2 aromatic carbocycles. The lowest BCUT2D eigenvalue weighted by Gasteiger charge is -2.09. The van der Waals surface area contributed by atoms with Crippen molar-refractivity contribution in [2.75, 3.05) is 7.11 Å². The van der Waals surface area contributed by atoms with Gasteiger partial charge in [0.25, 0.3) is 5.91 Å². The van der Waals surface area contributed by atoms with Crippen molar-refractivity contribution in [1.82, 2.24) is 10.7 Å². The topological polar surface area (TPSA) is 100 Å². The Morgan fingerprint density at radius 2 is 1.81 bits per heavy atom. The van der Waals surface area contributed by atoms with Gasteiger partial charge in [0.05, 0.1) is 19.1 Å². The van der Waals surface area contributed by atoms with Gasteiger partial charge in [-0.3, -0.25) is 9.59 Å². The second-order valence-electron chi connectivity index (χ2n) is 5.57. The number of phenols is 1. The molecule has 0 heterocycles. The highest BCUT2D eigenvalue weighted by Gasteiger charge is 2.10. The third-order valence-corrected chi connectivity index (χ3v) is 3.58. The number of amides is 2. The Labute approximate surface area is 151 Å². The quantitative estimate of drug-likeness (QED) is 0.524. The van der Waals surface area contributed by atoms with Crippen molar-refractivity contribution in [3.05, 3.63) is 59.7 Å². The number of rotatable bonds is 7. The number of nitrogens with one attached hydrogen (secondary N) is 2. The molecule has 0 aliphatic rings. The molecule has 0 bridgehead atoms. The Hall–Kier alpha value is -3.35. The molecule has 0 fully saturated rings. The average Bonchev–Trinajstić information content (AvgIpc) is 2.65. The Kier molecular flexibility index (Phi) is 6.73. The van der Waals surface area contributed by atoms with Gasteiger partial charge in [-0.1, -0.05) is 30.3 Å². The molecular weight excluding hydrogens is 334 g/mol. The maximum absolute atomic E-state index is 12.0. The van der Waals surface area contributed by atoms with Crippen LogP contribution in [0.1, 0.15) is 29.3 Å². The number of benzene rings is 2. The van der Waals surface area contributed by atoms with Gasteiger partial charge >= 0.3 is 0 Å². The van der Waals surface area contributed by atoms with Gasteiger partial charge in [0.1, 0.15) is 11.5 Å². The van der Waals surface area contributed by atoms with E-state index in [0.717, 1.165) is 5.56 Å². The lowest BCUT2D eigenvalue weighted by Crippen LogP contribution is -2.26. The molecular formula is C19H21N3O4. The summed E-state index contributed by atoms with van der Waals surface area (Å²) in [5.41, 5.74) is 3.74. The summed E-state index contributed by atoms with van der Waals surface area (Å²) < 4.78 is 5.23. The number of nitrogens with zero attached hydrogens (tertiary/aromatic N) is 1. The summed E-state index contributed by atoms with van der Waals surface area (Å²) >= 11 is 0. The zero-order valence-corrected chi connectivity index (χ0v) is 14.7. The van der Waals surface area contributed by atoms with Crippen molar-refractivity contribution in [2.45, 2.75) is 19.9 Å². The van der Waals surface area contributed by atoms with Crippen LogP contribution < -0.4 is 15.5 Å². The van der Waals surface area contributed by atoms with Gasteiger partial charge in [0, 0.05) is 17.8 Å². The molecule has 0 spiro atoms. The van der Waals surface area contributed by atoms with E-state index in [1.165, 1.54) is 12.1 Å². The number of ether oxygens (including phenoxy) is 1. The van der Waals surface area contributed by atoms with Gasteiger partial charge < -0.3 is 15.2 Å². The van der Waals surface area contributed by atoms with Crippen LogP contribution in [-0.4, -0.2) is 29.7 Å². The summed E-state index contributed by atoms with van der Waals surface area (Å²) in [5.74, 6) is -0.202. The molecule has 2 aromatic rings. The summed E-state index contributed by atoms with van der Waals surface area (Å²) in [6, 6.07) is 13.6. The summed E-state index contributed by atoms with van der Waals surface area (Å²) in [6.07, 6.45) is 0.0379. The lowest BCUT2D eigenvalue weighted by molar-refractivity contribution is -0.120. The number of hydrogen-bond acceptors (Lipinski definition) is 5. The second-order valence-corrected chi connectivity index (χ2v) is 5.57. The number of hydrogen-bond donors (Lipinski definition) is 3. The Morgan fingerprint density at radius 3 is 2.54 bits per heavy atom. The maximum atomic E-state index is 12.0. The highest BCUT2D eigenvalue weighted by Crippen LogP contribution is 2.17. The molecule has 0 aliphatic carbocycles. The molecule has 0 saturated carbocycles. The van der Waals surface area contributed by atoms with Crippen LogP contribution in [0.3, 0.4) is 0 Å². The molecule has 0 unspecified atom stereocenters. The SMILES string of the molecule is COc1ccccc1CNC(=O)C/C(C)=N\NC(=O)c1ccccc1O. The molecule has 7 heteroatoms. The van der Waals surface area contributed by atoms with E-state index in [4.69, 9.17) is 4.74 Å². The number of methoxy groups -OCH3 is 1. The molecule has 0 atom stereocenters. The van der Waals surface area contributed by atoms with E-state index in [1.54, 1.807) is 26.2 Å². The molecule has 0 aliphatic heterocycles. The fourth-order valence-corrected chi connectivity index (χ4v) is 2.25. The predicted octanol–water partition coefficient (Wildman–Crippen LogP) is 2.21. The minimum absolute atomic E-state index is 0.0379. The average molecular weight is 355 g/mol. The Morgan fingerprint density at radius 1 is 1.12 bits per heavy atom. The van der Waals surface area contributed by atoms with Crippen molar-refractivity contribution >= 4 is 17.5 Å². The number of phenolic OH excluding ortho intramolecular Hbond substituents is 1. The van der Waals surface area contributed by atoms with E-state index in [2.05, 4.69) is 15.8 Å². The van der Waals surface area contributed by atoms with E-state index in [-0.39, 0.29) is 23.6 Å². The molecule has 3 N–H and O–H groups in total. The first kappa shape index (κ1) is 19.0. The van der Waals surface area contributed by atoms with Gasteiger partial charge in [-0.15, -0.1) is 0 Å². The molecule has 136 valence electrons. The fourth-order valence-electron chi connectivity index (χ4n) is 2.25. The van der Waals surface area contributed by atoms with E-state index in [1.807, 2.05) is 24.3 Å². The highest BCUT2D eigenvalue weighted by molar-refractivity contribution is 6.01. The lowest BCUT2D eigenvalue weighted by atomic mass is 10.2. The third-order valence-electron chi connectivity index (χ3n) is 3.58. The normalized spacial score (nSPS) is 10.9. The van der Waals surface area contributed by atoms with Gasteiger partial charge in [0.15, 0.2) is 0 Å². The Balaban J connectivity index is 1.85. The second kappa shape index (κ2) is 9.22. The van der Waals surface area contributed by atoms with Gasteiger partial charge in [-0.2, -0.15) is 5.10 Å². The van der Waals surface area contributed by atoms with E-state index >= 15 is 0 Å². The van der Waals surface area contributed by atoms with Gasteiger partial charge in [-0.25, -0.2) is 5.43 Å². The van der Waals surface area contributed by atoms with Crippen LogP contribution in [0.15, 0.2) is 53.6 Å². The zero-order valence-electron chi connectivity index (χ0n) is 14.7. The minimum atomic E-state index is -0.545. The van der Waals surface area contributed by atoms with Crippen molar-refractivity contribution in [3.63, 3.8) is 0 Å². The van der Waals surface area contributed by atoms with Crippen LogP contribution in [0.5, 0.6) is 11.5 Å². The molecule has 0 radical (unpaired) electrons. The third kappa shape index (κ3) is 5.34. The number of carbonyl (C=O) groups is 2. The molecule has 0 saturated heterocycles. The van der Waals surface area contributed by atoms with E-state index < -0.39 is 5.91 Å². The largest absolute Gasteiger partial charge is 0.507 e. The molecule has 7 nitrogen and oxygen atoms in total. The van der Waals surface area contributed by atoms with Crippen LogP contribution in [-0.2, 0) is 11.3 Å². The first-order valence-electron chi connectivity index (χ1n) is 8.01. The van der Waals surface area contributed by atoms with E-state index in [9.17, 15) is 14.7 Å². The first-order chi connectivity index (χ1) is 12.5. The first-order valence-corrected chi connectivity index (χ1v) is 8.01. The summed E-state index contributed by atoms with van der Waals surface area (Å²) in [5, 5.41) is 16.3. The number of carbonyl (C=O) groups excluding carboxylic acids is 2. The molecule has 0 aromatic heterocycles. The summed E-state index contributed by atoms with van der Waals surface area (Å²) in [6.45, 7) is 1.97. The van der Waals surface area contributed by atoms with Crippen molar-refractivity contribution in [2.24, 2.45) is 5.10 Å². The number of aromatic hydroxyl groups is 1. The van der Waals surface area contributed by atoms with Crippen LogP contribution in [0.4, 0.5) is 0 Å². The molecule has 26 heavy (non-hydrogen) atoms. The van der Waals surface area contributed by atoms with Gasteiger partial charge in [0.2, 0.25) is 5.91 Å². The van der Waals surface area contributed by atoms with Crippen LogP contribution in [0, 0.1) is 0 Å². The van der Waals surface area contributed by atoms with E-state index in [0.29, 0.717) is 18.0 Å². The summed E-state index contributed by atoms with van der Waals surface area (Å²) in [4.78, 5) is 24.0. The van der Waals surface area contributed by atoms with Crippen molar-refractivity contribution < 1.29 is 19.4 Å². The molecule has 2 amide bonds. The number of hydrazone groups is 1. The zero-order chi connectivity index (χ0) is 18.9. The van der Waals surface area contributed by atoms with Gasteiger partial charge in [-0.05, 0) is 25.1 Å². The maximum Gasteiger partial charge on any atom is 0.275 e. The molecule has 2 rings (SSSR count). The predicted molar refractivity (Wildman–Crippen MR) is 98.1 cm³/mol. The monoisotopic (exact) mass is 355 g/mol. The fraction of sp³-hybridized carbons (Fsp3) is 0.211. The van der Waals surface area contributed by atoms with Crippen molar-refractivity contribution in [1.29, 1.82) is 0 Å². The highest BCUT2D eigenvalue weighted by atomic mass is 16.5. The van der Waals surface area contributed by atoms with Crippen LogP contribution in [0.2, 0.25) is 0 Å². The number of para-hydroxylation sites is 2. The van der Waals surface area contributed by atoms with Crippen LogP contribution >= 0.6 is 0 Å². The minimum Gasteiger partial charge on any atom is -0.507 e. The Bertz CT molecular complexity index is 818.